The molecule has 0 aliphatic heterocycles. The Bertz CT molecular complexity index is 82.6. The van der Waals surface area contributed by atoms with E-state index in [1.807, 2.05) is 0 Å². The van der Waals surface area contributed by atoms with Crippen molar-refractivity contribution in [3.05, 3.63) is 0 Å². The minimum atomic E-state index is 0.486. The summed E-state index contributed by atoms with van der Waals surface area (Å²) in [5.41, 5.74) is 0.486. The van der Waals surface area contributed by atoms with Gasteiger partial charge in [-0.2, -0.15) is 0 Å². The molecule has 0 atom stereocenters. The van der Waals surface area contributed by atoms with Crippen LogP contribution in [0.2, 0.25) is 0 Å². The highest BCUT2D eigenvalue weighted by molar-refractivity contribution is 6.18. The monoisotopic (exact) mass is 146 g/mol. The maximum atomic E-state index is 5.82. The molecule has 0 aromatic rings. The molecule has 0 unspecified atom stereocenters. The van der Waals surface area contributed by atoms with Crippen LogP contribution in [0, 0.1) is 5.41 Å². The fraction of sp³-hybridized carbons (Fsp3) is 1.00. The molecule has 1 fully saturated rings. The topological polar surface area (TPSA) is 0 Å². The van der Waals surface area contributed by atoms with Crippen LogP contribution in [0.4, 0.5) is 0 Å². The van der Waals surface area contributed by atoms with Crippen molar-refractivity contribution in [1.29, 1.82) is 0 Å². The van der Waals surface area contributed by atoms with Crippen molar-refractivity contribution in [1.82, 2.24) is 0 Å². The first-order chi connectivity index (χ1) is 4.27. The van der Waals surface area contributed by atoms with Crippen molar-refractivity contribution in [3.8, 4) is 0 Å². The quantitative estimate of drug-likeness (QED) is 0.499. The van der Waals surface area contributed by atoms with Crippen molar-refractivity contribution in [2.24, 2.45) is 5.41 Å². The zero-order valence-electron chi connectivity index (χ0n) is 6.12. The molecule has 0 aromatic heterocycles. The number of halogens is 1. The van der Waals surface area contributed by atoms with E-state index in [1.165, 1.54) is 32.1 Å². The first-order valence-electron chi connectivity index (χ1n) is 3.83. The molecular formula is C8H15Cl. The van der Waals surface area contributed by atoms with Gasteiger partial charge < -0.3 is 0 Å². The molecular weight excluding hydrogens is 132 g/mol. The third kappa shape index (κ3) is 1.86. The molecule has 1 heteroatoms. The summed E-state index contributed by atoms with van der Waals surface area (Å²) < 4.78 is 0. The van der Waals surface area contributed by atoms with Crippen LogP contribution in [0.15, 0.2) is 0 Å². The minimum absolute atomic E-state index is 0.486. The van der Waals surface area contributed by atoms with Gasteiger partial charge in [-0.3, -0.25) is 0 Å². The summed E-state index contributed by atoms with van der Waals surface area (Å²) in [5.74, 6) is 0.854. The largest absolute Gasteiger partial charge is 0.126 e. The highest BCUT2D eigenvalue weighted by Gasteiger charge is 2.24. The van der Waals surface area contributed by atoms with E-state index in [9.17, 15) is 0 Å². The fourth-order valence-electron chi connectivity index (χ4n) is 1.54. The first-order valence-corrected chi connectivity index (χ1v) is 4.36. The van der Waals surface area contributed by atoms with Crippen LogP contribution in [0.5, 0.6) is 0 Å². The van der Waals surface area contributed by atoms with Crippen LogP contribution >= 0.6 is 11.6 Å². The highest BCUT2D eigenvalue weighted by atomic mass is 35.5. The summed E-state index contributed by atoms with van der Waals surface area (Å²) in [7, 11) is 0. The van der Waals surface area contributed by atoms with Crippen LogP contribution in [-0.4, -0.2) is 5.88 Å². The Hall–Kier alpha value is 0.290. The Kier molecular flexibility index (Phi) is 2.40. The van der Waals surface area contributed by atoms with Gasteiger partial charge in [0.05, 0.1) is 0 Å². The summed E-state index contributed by atoms with van der Waals surface area (Å²) >= 11 is 5.82. The highest BCUT2D eigenvalue weighted by Crippen LogP contribution is 2.36. The Morgan fingerprint density at radius 1 is 1.22 bits per heavy atom. The molecule has 0 saturated heterocycles. The van der Waals surface area contributed by atoms with Gasteiger partial charge >= 0.3 is 0 Å². The lowest BCUT2D eigenvalue weighted by molar-refractivity contribution is 0.249. The summed E-state index contributed by atoms with van der Waals surface area (Å²) in [6.45, 7) is 2.30. The van der Waals surface area contributed by atoms with E-state index in [-0.39, 0.29) is 0 Å². The Balaban J connectivity index is 2.37. The molecule has 0 aromatic carbocycles. The van der Waals surface area contributed by atoms with Crippen molar-refractivity contribution in [2.45, 2.75) is 39.0 Å². The number of rotatable bonds is 1. The number of hydrogen-bond acceptors (Lipinski definition) is 0. The molecule has 0 bridgehead atoms. The molecule has 0 spiro atoms. The van der Waals surface area contributed by atoms with Crippen LogP contribution in [0.25, 0.3) is 0 Å². The average molecular weight is 147 g/mol. The lowest BCUT2D eigenvalue weighted by atomic mass is 9.77. The van der Waals surface area contributed by atoms with E-state index >= 15 is 0 Å². The van der Waals surface area contributed by atoms with Crippen molar-refractivity contribution in [3.63, 3.8) is 0 Å². The zero-order valence-corrected chi connectivity index (χ0v) is 6.88. The van der Waals surface area contributed by atoms with Gasteiger partial charge in [-0.05, 0) is 18.3 Å². The van der Waals surface area contributed by atoms with E-state index in [0.29, 0.717) is 5.41 Å². The summed E-state index contributed by atoms with van der Waals surface area (Å²) in [5, 5.41) is 0. The van der Waals surface area contributed by atoms with Crippen LogP contribution in [0.3, 0.4) is 0 Å². The molecule has 1 aliphatic rings. The molecule has 1 saturated carbocycles. The predicted molar refractivity (Wildman–Crippen MR) is 41.9 cm³/mol. The fourth-order valence-corrected chi connectivity index (χ4v) is 1.81. The van der Waals surface area contributed by atoms with Gasteiger partial charge in [-0.15, -0.1) is 11.6 Å². The summed E-state index contributed by atoms with van der Waals surface area (Å²) in [6, 6.07) is 0. The van der Waals surface area contributed by atoms with Gasteiger partial charge in [0.15, 0.2) is 0 Å². The van der Waals surface area contributed by atoms with Gasteiger partial charge in [-0.1, -0.05) is 26.2 Å². The van der Waals surface area contributed by atoms with Gasteiger partial charge in [0.1, 0.15) is 0 Å². The minimum Gasteiger partial charge on any atom is -0.126 e. The normalized spacial score (nSPS) is 26.0. The summed E-state index contributed by atoms with van der Waals surface area (Å²) in [6.07, 6.45) is 6.89. The summed E-state index contributed by atoms with van der Waals surface area (Å²) in [4.78, 5) is 0. The smallest absolute Gasteiger partial charge is 0.0277 e. The van der Waals surface area contributed by atoms with Crippen LogP contribution in [0.1, 0.15) is 39.0 Å². The van der Waals surface area contributed by atoms with E-state index in [1.54, 1.807) is 0 Å². The molecule has 0 N–H and O–H groups in total. The van der Waals surface area contributed by atoms with Gasteiger partial charge in [0.25, 0.3) is 0 Å². The maximum Gasteiger partial charge on any atom is 0.0277 e. The van der Waals surface area contributed by atoms with Gasteiger partial charge in [0.2, 0.25) is 0 Å². The van der Waals surface area contributed by atoms with E-state index in [4.69, 9.17) is 11.6 Å². The Labute approximate surface area is 62.6 Å². The lowest BCUT2D eigenvalue weighted by Crippen LogP contribution is -2.21. The molecule has 54 valence electrons. The second-order valence-corrected chi connectivity index (χ2v) is 3.77. The van der Waals surface area contributed by atoms with Crippen molar-refractivity contribution < 1.29 is 0 Å². The van der Waals surface area contributed by atoms with Crippen LogP contribution in [-0.2, 0) is 0 Å². The Morgan fingerprint density at radius 2 is 1.78 bits per heavy atom. The van der Waals surface area contributed by atoms with E-state index < -0.39 is 0 Å². The van der Waals surface area contributed by atoms with E-state index in [2.05, 4.69) is 6.92 Å². The Morgan fingerprint density at radius 3 is 2.11 bits per heavy atom. The first kappa shape index (κ1) is 7.40. The molecule has 1 rings (SSSR count). The average Bonchev–Trinajstić information content (AvgIpc) is 1.90. The third-order valence-electron chi connectivity index (χ3n) is 2.38. The maximum absolute atomic E-state index is 5.82. The van der Waals surface area contributed by atoms with Crippen molar-refractivity contribution >= 4 is 11.6 Å². The number of hydrogen-bond donors (Lipinski definition) is 0. The SMILES string of the molecule is CC1(CCl)CCCCC1. The molecule has 0 amide bonds. The second kappa shape index (κ2) is 2.92. The van der Waals surface area contributed by atoms with Crippen molar-refractivity contribution in [2.75, 3.05) is 5.88 Å². The zero-order chi connectivity index (χ0) is 6.74. The third-order valence-corrected chi connectivity index (χ3v) is 3.03. The van der Waals surface area contributed by atoms with Gasteiger partial charge in [0, 0.05) is 5.88 Å². The standard InChI is InChI=1S/C8H15Cl/c1-8(7-9)5-3-2-4-6-8/h2-7H2,1H3. The second-order valence-electron chi connectivity index (χ2n) is 3.50. The molecule has 1 aliphatic carbocycles. The molecule has 9 heavy (non-hydrogen) atoms. The molecule has 0 radical (unpaired) electrons. The molecule has 0 heterocycles. The lowest BCUT2D eigenvalue weighted by Gasteiger charge is -2.31. The van der Waals surface area contributed by atoms with Gasteiger partial charge in [-0.25, -0.2) is 0 Å². The number of alkyl halides is 1. The molecule has 0 nitrogen and oxygen atoms in total. The predicted octanol–water partition coefficient (Wildman–Crippen LogP) is 3.20. The van der Waals surface area contributed by atoms with E-state index in [0.717, 1.165) is 5.88 Å². The van der Waals surface area contributed by atoms with Crippen LogP contribution < -0.4 is 0 Å².